The van der Waals surface area contributed by atoms with Crippen LogP contribution in [0.15, 0.2) is 53.9 Å². The van der Waals surface area contributed by atoms with Crippen LogP contribution in [0.1, 0.15) is 25.8 Å². The van der Waals surface area contributed by atoms with Crippen LogP contribution in [-0.2, 0) is 11.2 Å². The molecule has 146 valence electrons. The highest BCUT2D eigenvalue weighted by atomic mass is 32.1. The summed E-state index contributed by atoms with van der Waals surface area (Å²) in [4.78, 5) is 15.8. The minimum atomic E-state index is 0.0189. The number of ether oxygens (including phenoxy) is 1. The van der Waals surface area contributed by atoms with Crippen molar-refractivity contribution in [2.45, 2.75) is 32.7 Å². The van der Waals surface area contributed by atoms with Gasteiger partial charge in [0.05, 0.1) is 12.8 Å². The van der Waals surface area contributed by atoms with Crippen molar-refractivity contribution in [3.8, 4) is 17.0 Å². The molecular weight excluding hydrogens is 370 g/mol. The van der Waals surface area contributed by atoms with Gasteiger partial charge < -0.3 is 15.4 Å². The molecule has 0 aliphatic rings. The summed E-state index contributed by atoms with van der Waals surface area (Å²) in [6.07, 6.45) is 1.86. The van der Waals surface area contributed by atoms with Crippen LogP contribution in [-0.4, -0.2) is 24.0 Å². The van der Waals surface area contributed by atoms with E-state index in [1.54, 1.807) is 25.4 Å². The van der Waals surface area contributed by atoms with Crippen molar-refractivity contribution in [3.63, 3.8) is 0 Å². The van der Waals surface area contributed by atoms with Crippen LogP contribution in [0.3, 0.4) is 0 Å². The number of methoxy groups -OCH3 is 1. The number of aromatic nitrogens is 1. The Morgan fingerprint density at radius 1 is 1.14 bits per heavy atom. The number of thiazole rings is 1. The third-order valence-electron chi connectivity index (χ3n) is 4.41. The van der Waals surface area contributed by atoms with E-state index in [9.17, 15) is 4.79 Å². The highest BCUT2D eigenvalue weighted by molar-refractivity contribution is 7.14. The maximum absolute atomic E-state index is 11.1. The molecule has 1 unspecified atom stereocenters. The summed E-state index contributed by atoms with van der Waals surface area (Å²) in [7, 11) is 1.66. The molecule has 0 bridgehead atoms. The number of hydrogen-bond acceptors (Lipinski definition) is 5. The van der Waals surface area contributed by atoms with Gasteiger partial charge in [0.1, 0.15) is 5.75 Å². The van der Waals surface area contributed by atoms with Gasteiger partial charge in [-0.3, -0.25) is 4.79 Å². The molecule has 28 heavy (non-hydrogen) atoms. The third-order valence-corrected chi connectivity index (χ3v) is 5.17. The second-order valence-corrected chi connectivity index (χ2v) is 7.59. The zero-order chi connectivity index (χ0) is 19.9. The summed E-state index contributed by atoms with van der Waals surface area (Å²) in [5, 5.41) is 9.15. The van der Waals surface area contributed by atoms with E-state index in [4.69, 9.17) is 4.74 Å². The molecule has 0 saturated heterocycles. The van der Waals surface area contributed by atoms with Crippen molar-refractivity contribution < 1.29 is 9.53 Å². The number of benzene rings is 2. The second kappa shape index (κ2) is 9.37. The van der Waals surface area contributed by atoms with E-state index in [0.29, 0.717) is 0 Å². The fraction of sp³-hybridized carbons (Fsp3) is 0.273. The molecule has 0 aliphatic carbocycles. The predicted octanol–water partition coefficient (Wildman–Crippen LogP) is 5.02. The Morgan fingerprint density at radius 2 is 1.86 bits per heavy atom. The first-order valence-corrected chi connectivity index (χ1v) is 10.1. The van der Waals surface area contributed by atoms with Gasteiger partial charge in [0.15, 0.2) is 5.13 Å². The standard InChI is InChI=1S/C22H25N3O2S/c1-15(23-16(2)26)4-5-17-6-8-18(9-7-17)21-14-28-22(25-21)24-19-10-12-20(27-3)13-11-19/h6-15H,4-5H2,1-3H3,(H,23,26)(H,24,25). The lowest BCUT2D eigenvalue weighted by atomic mass is 10.0. The molecule has 1 amide bonds. The Bertz CT molecular complexity index is 904. The number of aryl methyl sites for hydroxylation is 1. The Balaban J connectivity index is 1.59. The Hall–Kier alpha value is -2.86. The van der Waals surface area contributed by atoms with Crippen molar-refractivity contribution >= 4 is 28.1 Å². The summed E-state index contributed by atoms with van der Waals surface area (Å²) in [6.45, 7) is 3.58. The molecule has 0 aliphatic heterocycles. The quantitative estimate of drug-likeness (QED) is 0.562. The monoisotopic (exact) mass is 395 g/mol. The lowest BCUT2D eigenvalue weighted by molar-refractivity contribution is -0.119. The highest BCUT2D eigenvalue weighted by Gasteiger charge is 2.07. The topological polar surface area (TPSA) is 63.2 Å². The Labute approximate surface area is 169 Å². The normalized spacial score (nSPS) is 11.7. The second-order valence-electron chi connectivity index (χ2n) is 6.73. The van der Waals surface area contributed by atoms with Crippen molar-refractivity contribution in [1.82, 2.24) is 10.3 Å². The van der Waals surface area contributed by atoms with Gasteiger partial charge in [0.25, 0.3) is 0 Å². The van der Waals surface area contributed by atoms with E-state index in [2.05, 4.69) is 45.3 Å². The first-order chi connectivity index (χ1) is 13.5. The van der Waals surface area contributed by atoms with Gasteiger partial charge in [-0.05, 0) is 49.6 Å². The van der Waals surface area contributed by atoms with Crippen molar-refractivity contribution in [2.24, 2.45) is 0 Å². The first kappa shape index (κ1) is 19.9. The van der Waals surface area contributed by atoms with Gasteiger partial charge >= 0.3 is 0 Å². The number of nitrogens with zero attached hydrogens (tertiary/aromatic N) is 1. The van der Waals surface area contributed by atoms with Crippen LogP contribution >= 0.6 is 11.3 Å². The summed E-state index contributed by atoms with van der Waals surface area (Å²) in [5.41, 5.74) is 4.29. The van der Waals surface area contributed by atoms with E-state index in [-0.39, 0.29) is 11.9 Å². The predicted molar refractivity (Wildman–Crippen MR) is 115 cm³/mol. The third kappa shape index (κ3) is 5.57. The number of carbonyl (C=O) groups is 1. The van der Waals surface area contributed by atoms with Crippen LogP contribution in [0.5, 0.6) is 5.75 Å². The maximum atomic E-state index is 11.1. The van der Waals surface area contributed by atoms with E-state index in [0.717, 1.165) is 40.7 Å². The molecule has 0 radical (unpaired) electrons. The zero-order valence-corrected chi connectivity index (χ0v) is 17.2. The number of rotatable bonds is 8. The molecule has 6 heteroatoms. The molecule has 0 spiro atoms. The van der Waals surface area contributed by atoms with E-state index >= 15 is 0 Å². The first-order valence-electron chi connectivity index (χ1n) is 9.26. The van der Waals surface area contributed by atoms with Gasteiger partial charge in [-0.25, -0.2) is 4.98 Å². The highest BCUT2D eigenvalue weighted by Crippen LogP contribution is 2.28. The summed E-state index contributed by atoms with van der Waals surface area (Å²) >= 11 is 1.58. The van der Waals surface area contributed by atoms with Crippen molar-refractivity contribution in [2.75, 3.05) is 12.4 Å². The molecule has 0 fully saturated rings. The van der Waals surface area contributed by atoms with Gasteiger partial charge in [-0.1, -0.05) is 24.3 Å². The fourth-order valence-corrected chi connectivity index (χ4v) is 3.65. The van der Waals surface area contributed by atoms with Crippen LogP contribution in [0.4, 0.5) is 10.8 Å². The lowest BCUT2D eigenvalue weighted by Crippen LogP contribution is -2.30. The molecule has 3 rings (SSSR count). The van der Waals surface area contributed by atoms with Gasteiger partial charge in [0, 0.05) is 29.6 Å². The van der Waals surface area contributed by atoms with Crippen LogP contribution in [0.25, 0.3) is 11.3 Å². The molecule has 0 saturated carbocycles. The largest absolute Gasteiger partial charge is 0.497 e. The minimum Gasteiger partial charge on any atom is -0.497 e. The fourth-order valence-electron chi connectivity index (χ4n) is 2.91. The van der Waals surface area contributed by atoms with Crippen LogP contribution in [0.2, 0.25) is 0 Å². The molecule has 3 aromatic rings. The summed E-state index contributed by atoms with van der Waals surface area (Å²) in [6, 6.07) is 16.4. The van der Waals surface area contributed by atoms with Crippen LogP contribution in [0, 0.1) is 0 Å². The van der Waals surface area contributed by atoms with Crippen molar-refractivity contribution in [3.05, 3.63) is 59.5 Å². The van der Waals surface area contributed by atoms with Crippen molar-refractivity contribution in [1.29, 1.82) is 0 Å². The molecular formula is C22H25N3O2S. The van der Waals surface area contributed by atoms with Crippen LogP contribution < -0.4 is 15.4 Å². The molecule has 2 aromatic carbocycles. The number of hydrogen-bond donors (Lipinski definition) is 2. The minimum absolute atomic E-state index is 0.0189. The SMILES string of the molecule is COc1ccc(Nc2nc(-c3ccc(CCC(C)NC(C)=O)cc3)cs2)cc1. The van der Waals surface area contributed by atoms with E-state index < -0.39 is 0 Å². The average molecular weight is 396 g/mol. The van der Waals surface area contributed by atoms with Gasteiger partial charge in [-0.15, -0.1) is 11.3 Å². The summed E-state index contributed by atoms with van der Waals surface area (Å²) in [5.74, 6) is 0.849. The maximum Gasteiger partial charge on any atom is 0.217 e. The number of amides is 1. The molecule has 2 N–H and O–H groups in total. The Morgan fingerprint density at radius 3 is 2.50 bits per heavy atom. The van der Waals surface area contributed by atoms with Gasteiger partial charge in [0.2, 0.25) is 5.91 Å². The summed E-state index contributed by atoms with van der Waals surface area (Å²) < 4.78 is 5.18. The van der Waals surface area contributed by atoms with Gasteiger partial charge in [-0.2, -0.15) is 0 Å². The molecule has 1 atom stereocenters. The molecule has 5 nitrogen and oxygen atoms in total. The number of anilines is 2. The van der Waals surface area contributed by atoms with E-state index in [1.807, 2.05) is 31.2 Å². The molecule has 1 aromatic heterocycles. The smallest absolute Gasteiger partial charge is 0.217 e. The molecule has 1 heterocycles. The Kier molecular flexibility index (Phi) is 6.66. The zero-order valence-electron chi connectivity index (χ0n) is 16.4. The lowest BCUT2D eigenvalue weighted by Gasteiger charge is -2.12. The van der Waals surface area contributed by atoms with E-state index in [1.165, 1.54) is 5.56 Å². The average Bonchev–Trinajstić information content (AvgIpc) is 3.15. The number of carbonyl (C=O) groups excluding carboxylic acids is 1. The number of nitrogens with one attached hydrogen (secondary N) is 2.